The van der Waals surface area contributed by atoms with Gasteiger partial charge in [0.05, 0.1) is 0 Å². The summed E-state index contributed by atoms with van der Waals surface area (Å²) in [5.41, 5.74) is 5.85. The summed E-state index contributed by atoms with van der Waals surface area (Å²) >= 11 is 0. The molecule has 1 heterocycles. The van der Waals surface area contributed by atoms with E-state index in [1.165, 1.54) is 13.2 Å². The molecule has 0 unspecified atom stereocenters. The van der Waals surface area contributed by atoms with E-state index in [1.807, 2.05) is 0 Å². The molecule has 4 nitrogen and oxygen atoms in total. The van der Waals surface area contributed by atoms with Crippen LogP contribution in [0.3, 0.4) is 0 Å². The van der Waals surface area contributed by atoms with Gasteiger partial charge in [-0.25, -0.2) is 4.98 Å². The van der Waals surface area contributed by atoms with Gasteiger partial charge >= 0.3 is 6.18 Å². The number of hydrogen-bond acceptors (Lipinski definition) is 4. The van der Waals surface area contributed by atoms with Crippen molar-refractivity contribution in [3.63, 3.8) is 0 Å². The summed E-state index contributed by atoms with van der Waals surface area (Å²) in [5.74, 6) is 0.157. The molecule has 0 atom stereocenters. The molecule has 15 heavy (non-hydrogen) atoms. The molecule has 0 aliphatic carbocycles. The van der Waals surface area contributed by atoms with Crippen molar-refractivity contribution in [2.24, 2.45) is 0 Å². The largest absolute Gasteiger partial charge is 0.405 e. The first-order valence-electron chi connectivity index (χ1n) is 4.16. The van der Waals surface area contributed by atoms with Gasteiger partial charge in [0.2, 0.25) is 5.95 Å². The highest BCUT2D eigenvalue weighted by Crippen LogP contribution is 2.21. The van der Waals surface area contributed by atoms with E-state index in [1.54, 1.807) is 6.92 Å². The molecule has 0 aromatic carbocycles. The normalized spacial score (nSPS) is 11.5. The van der Waals surface area contributed by atoms with Crippen LogP contribution in [0, 0.1) is 6.92 Å². The van der Waals surface area contributed by atoms with Gasteiger partial charge in [0.15, 0.2) is 0 Å². The fraction of sp³-hybridized carbons (Fsp3) is 0.500. The minimum absolute atomic E-state index is 0.0374. The summed E-state index contributed by atoms with van der Waals surface area (Å²) in [4.78, 5) is 8.42. The molecule has 1 rings (SSSR count). The van der Waals surface area contributed by atoms with Crippen LogP contribution in [0.25, 0.3) is 0 Å². The maximum atomic E-state index is 12.1. The highest BCUT2D eigenvalue weighted by molar-refractivity contribution is 5.47. The van der Waals surface area contributed by atoms with E-state index >= 15 is 0 Å². The van der Waals surface area contributed by atoms with Crippen LogP contribution in [0.1, 0.15) is 5.56 Å². The topological polar surface area (TPSA) is 55.0 Å². The Morgan fingerprint density at radius 3 is 2.60 bits per heavy atom. The molecule has 0 bridgehead atoms. The highest BCUT2D eigenvalue weighted by Gasteiger charge is 2.30. The molecule has 0 aliphatic heterocycles. The van der Waals surface area contributed by atoms with Crippen LogP contribution in [0.5, 0.6) is 0 Å². The van der Waals surface area contributed by atoms with Crippen molar-refractivity contribution in [2.45, 2.75) is 13.1 Å². The second-order valence-electron chi connectivity index (χ2n) is 3.21. The van der Waals surface area contributed by atoms with Gasteiger partial charge in [0, 0.05) is 18.8 Å². The Kier molecular flexibility index (Phi) is 3.01. The Bertz CT molecular complexity index is 350. The summed E-state index contributed by atoms with van der Waals surface area (Å²) < 4.78 is 36.3. The summed E-state index contributed by atoms with van der Waals surface area (Å²) in [5, 5.41) is 0. The van der Waals surface area contributed by atoms with Crippen LogP contribution in [0.15, 0.2) is 6.20 Å². The zero-order chi connectivity index (χ0) is 11.6. The van der Waals surface area contributed by atoms with Gasteiger partial charge in [-0.05, 0) is 6.92 Å². The zero-order valence-electron chi connectivity index (χ0n) is 8.34. The summed E-state index contributed by atoms with van der Waals surface area (Å²) in [7, 11) is 1.31. The molecule has 0 radical (unpaired) electrons. The molecule has 0 spiro atoms. The quantitative estimate of drug-likeness (QED) is 0.817. The Morgan fingerprint density at radius 2 is 2.07 bits per heavy atom. The first kappa shape index (κ1) is 11.5. The van der Waals surface area contributed by atoms with Crippen LogP contribution >= 0.6 is 0 Å². The predicted octanol–water partition coefficient (Wildman–Crippen LogP) is 1.37. The molecule has 0 amide bonds. The van der Waals surface area contributed by atoms with Crippen molar-refractivity contribution in [2.75, 3.05) is 24.2 Å². The number of rotatable bonds is 2. The third-order valence-electron chi connectivity index (χ3n) is 1.74. The maximum absolute atomic E-state index is 12.1. The molecule has 0 saturated heterocycles. The second-order valence-corrected chi connectivity index (χ2v) is 3.21. The van der Waals surface area contributed by atoms with Gasteiger partial charge < -0.3 is 10.6 Å². The Balaban J connectivity index is 2.90. The monoisotopic (exact) mass is 220 g/mol. The van der Waals surface area contributed by atoms with E-state index in [-0.39, 0.29) is 11.8 Å². The van der Waals surface area contributed by atoms with E-state index in [0.29, 0.717) is 5.56 Å². The van der Waals surface area contributed by atoms with Gasteiger partial charge in [-0.15, -0.1) is 0 Å². The number of halogens is 3. The minimum atomic E-state index is -4.26. The number of hydrogen-bond donors (Lipinski definition) is 1. The lowest BCUT2D eigenvalue weighted by Crippen LogP contribution is -2.32. The lowest BCUT2D eigenvalue weighted by Gasteiger charge is -2.21. The van der Waals surface area contributed by atoms with E-state index in [4.69, 9.17) is 5.73 Å². The van der Waals surface area contributed by atoms with E-state index in [9.17, 15) is 13.2 Å². The van der Waals surface area contributed by atoms with Crippen molar-refractivity contribution in [1.82, 2.24) is 9.97 Å². The van der Waals surface area contributed by atoms with Crippen molar-refractivity contribution in [1.29, 1.82) is 0 Å². The average Bonchev–Trinajstić information content (AvgIpc) is 2.06. The molecule has 0 saturated carbocycles. The standard InChI is InChI=1S/C8H11F3N4/c1-5-3-13-7(12)14-6(5)15(2)4-8(9,10)11/h3H,4H2,1-2H3,(H2,12,13,14). The fourth-order valence-electron chi connectivity index (χ4n) is 1.18. The number of aryl methyl sites for hydroxylation is 1. The average molecular weight is 220 g/mol. The molecule has 0 aliphatic rings. The van der Waals surface area contributed by atoms with Crippen LogP contribution in [0.2, 0.25) is 0 Å². The molecule has 1 aromatic rings. The Hall–Kier alpha value is -1.53. The van der Waals surface area contributed by atoms with Gasteiger partial charge in [-0.2, -0.15) is 18.2 Å². The highest BCUT2D eigenvalue weighted by atomic mass is 19.4. The van der Waals surface area contributed by atoms with Gasteiger partial charge in [-0.1, -0.05) is 0 Å². The van der Waals surface area contributed by atoms with E-state index in [0.717, 1.165) is 4.90 Å². The molecule has 7 heteroatoms. The minimum Gasteiger partial charge on any atom is -0.368 e. The summed E-state index contributed by atoms with van der Waals surface area (Å²) in [6.07, 6.45) is -2.87. The van der Waals surface area contributed by atoms with Crippen molar-refractivity contribution in [3.05, 3.63) is 11.8 Å². The SMILES string of the molecule is Cc1cnc(N)nc1N(C)CC(F)(F)F. The number of aromatic nitrogens is 2. The van der Waals surface area contributed by atoms with E-state index in [2.05, 4.69) is 9.97 Å². The Labute approximate surface area is 84.9 Å². The summed E-state index contributed by atoms with van der Waals surface area (Å²) in [6.45, 7) is 0.561. The molecule has 84 valence electrons. The third-order valence-corrected chi connectivity index (χ3v) is 1.74. The number of anilines is 2. The number of nitrogen functional groups attached to an aromatic ring is 1. The van der Waals surface area contributed by atoms with Gasteiger partial charge in [-0.3, -0.25) is 0 Å². The third kappa shape index (κ3) is 3.26. The zero-order valence-corrected chi connectivity index (χ0v) is 8.34. The van der Waals surface area contributed by atoms with E-state index < -0.39 is 12.7 Å². The molecule has 0 fully saturated rings. The maximum Gasteiger partial charge on any atom is 0.405 e. The van der Waals surface area contributed by atoms with Crippen LogP contribution < -0.4 is 10.6 Å². The molecular formula is C8H11F3N4. The number of nitrogens with two attached hydrogens (primary N) is 1. The van der Waals surface area contributed by atoms with Crippen LogP contribution in [0.4, 0.5) is 24.9 Å². The first-order chi connectivity index (χ1) is 6.79. The van der Waals surface area contributed by atoms with Crippen molar-refractivity contribution < 1.29 is 13.2 Å². The van der Waals surface area contributed by atoms with Gasteiger partial charge in [0.25, 0.3) is 0 Å². The molecular weight excluding hydrogens is 209 g/mol. The second kappa shape index (κ2) is 3.92. The predicted molar refractivity (Wildman–Crippen MR) is 50.5 cm³/mol. The fourth-order valence-corrected chi connectivity index (χ4v) is 1.18. The van der Waals surface area contributed by atoms with Crippen molar-refractivity contribution >= 4 is 11.8 Å². The van der Waals surface area contributed by atoms with Gasteiger partial charge in [0.1, 0.15) is 12.4 Å². The molecule has 2 N–H and O–H groups in total. The van der Waals surface area contributed by atoms with Crippen molar-refractivity contribution in [3.8, 4) is 0 Å². The molecule has 1 aromatic heterocycles. The lowest BCUT2D eigenvalue weighted by atomic mass is 10.3. The number of alkyl halides is 3. The smallest absolute Gasteiger partial charge is 0.368 e. The first-order valence-corrected chi connectivity index (χ1v) is 4.16. The Morgan fingerprint density at radius 1 is 1.47 bits per heavy atom. The lowest BCUT2D eigenvalue weighted by molar-refractivity contribution is -0.119. The van der Waals surface area contributed by atoms with Crippen LogP contribution in [-0.4, -0.2) is 29.7 Å². The van der Waals surface area contributed by atoms with Crippen LogP contribution in [-0.2, 0) is 0 Å². The summed E-state index contributed by atoms with van der Waals surface area (Å²) in [6, 6.07) is 0. The number of nitrogens with zero attached hydrogens (tertiary/aromatic N) is 3.